The average molecular weight is 355 g/mol. The normalized spacial score (nSPS) is 17.2. The van der Waals surface area contributed by atoms with Crippen LogP contribution in [0.3, 0.4) is 0 Å². The Kier molecular flexibility index (Phi) is 6.45. The van der Waals surface area contributed by atoms with Crippen LogP contribution in [0.1, 0.15) is 19.8 Å². The molecule has 6 nitrogen and oxygen atoms in total. The lowest BCUT2D eigenvalue weighted by Crippen LogP contribution is -2.47. The van der Waals surface area contributed by atoms with Crippen molar-refractivity contribution < 1.29 is 19.1 Å². The van der Waals surface area contributed by atoms with Crippen molar-refractivity contribution in [3.63, 3.8) is 0 Å². The van der Waals surface area contributed by atoms with Crippen molar-refractivity contribution in [2.75, 3.05) is 32.6 Å². The summed E-state index contributed by atoms with van der Waals surface area (Å²) in [6.07, 6.45) is 1.40. The zero-order valence-corrected chi connectivity index (χ0v) is 14.9. The highest BCUT2D eigenvalue weighted by atomic mass is 35.5. The number of rotatable bonds is 5. The number of hydrogen-bond acceptors (Lipinski definition) is 5. The molecule has 1 aromatic carbocycles. The molecule has 132 valence electrons. The van der Waals surface area contributed by atoms with Crippen LogP contribution in [0.4, 0.5) is 5.69 Å². The smallest absolute Gasteiger partial charge is 0.308 e. The zero-order chi connectivity index (χ0) is 17.7. The van der Waals surface area contributed by atoms with Gasteiger partial charge in [-0.15, -0.1) is 0 Å². The summed E-state index contributed by atoms with van der Waals surface area (Å²) >= 11 is 5.98. The Morgan fingerprint density at radius 2 is 1.96 bits per heavy atom. The van der Waals surface area contributed by atoms with Gasteiger partial charge in [0, 0.05) is 5.02 Å². The number of esters is 1. The standard InChI is InChI=1S/C17H23ClN2O4/c1-11(20-8-6-12(7-9-20)17(22)24-3)16(21)19-14-10-13(18)4-5-15(14)23-2/h4-5,10-12H,6-9H2,1-3H3,(H,19,21)/t11-/m1/s1. The molecule has 0 aliphatic carbocycles. The third kappa shape index (κ3) is 4.39. The van der Waals surface area contributed by atoms with Gasteiger partial charge < -0.3 is 14.8 Å². The molecule has 1 N–H and O–H groups in total. The fourth-order valence-electron chi connectivity index (χ4n) is 2.87. The van der Waals surface area contributed by atoms with E-state index in [2.05, 4.69) is 10.2 Å². The lowest BCUT2D eigenvalue weighted by Gasteiger charge is -2.34. The topological polar surface area (TPSA) is 67.9 Å². The summed E-state index contributed by atoms with van der Waals surface area (Å²) in [5.41, 5.74) is 0.547. The van der Waals surface area contributed by atoms with Gasteiger partial charge in [-0.1, -0.05) is 11.6 Å². The summed E-state index contributed by atoms with van der Waals surface area (Å²) in [6.45, 7) is 3.22. The van der Waals surface area contributed by atoms with E-state index in [-0.39, 0.29) is 23.8 Å². The van der Waals surface area contributed by atoms with Crippen molar-refractivity contribution in [2.45, 2.75) is 25.8 Å². The van der Waals surface area contributed by atoms with E-state index in [0.29, 0.717) is 42.4 Å². The first-order valence-electron chi connectivity index (χ1n) is 7.92. The van der Waals surface area contributed by atoms with Crippen LogP contribution in [0.5, 0.6) is 5.75 Å². The first-order chi connectivity index (χ1) is 11.5. The molecular formula is C17H23ClN2O4. The third-order valence-electron chi connectivity index (χ3n) is 4.41. The highest BCUT2D eigenvalue weighted by Gasteiger charge is 2.30. The molecule has 1 heterocycles. The van der Waals surface area contributed by atoms with Crippen molar-refractivity contribution in [3.05, 3.63) is 23.2 Å². The molecule has 0 radical (unpaired) electrons. The zero-order valence-electron chi connectivity index (χ0n) is 14.2. The summed E-state index contributed by atoms with van der Waals surface area (Å²) in [7, 11) is 2.95. The predicted octanol–water partition coefficient (Wildman–Crippen LogP) is 2.56. The monoisotopic (exact) mass is 354 g/mol. The average Bonchev–Trinajstić information content (AvgIpc) is 2.60. The van der Waals surface area contributed by atoms with Gasteiger partial charge in [-0.3, -0.25) is 14.5 Å². The molecule has 0 saturated carbocycles. The van der Waals surface area contributed by atoms with Crippen LogP contribution in [0.15, 0.2) is 18.2 Å². The summed E-state index contributed by atoms with van der Waals surface area (Å²) in [4.78, 5) is 26.2. The molecule has 7 heteroatoms. The molecule has 0 unspecified atom stereocenters. The van der Waals surface area contributed by atoms with Crippen LogP contribution in [-0.4, -0.2) is 50.1 Å². The van der Waals surface area contributed by atoms with Crippen LogP contribution in [0.25, 0.3) is 0 Å². The van der Waals surface area contributed by atoms with Gasteiger partial charge in [-0.2, -0.15) is 0 Å². The van der Waals surface area contributed by atoms with Gasteiger partial charge in [0.05, 0.1) is 31.9 Å². The number of amides is 1. The summed E-state index contributed by atoms with van der Waals surface area (Å²) < 4.78 is 10.0. The van der Waals surface area contributed by atoms with Gasteiger partial charge in [0.25, 0.3) is 0 Å². The van der Waals surface area contributed by atoms with Crippen molar-refractivity contribution in [1.29, 1.82) is 0 Å². The minimum Gasteiger partial charge on any atom is -0.495 e. The summed E-state index contributed by atoms with van der Waals surface area (Å²) in [6, 6.07) is 4.77. The van der Waals surface area contributed by atoms with Crippen LogP contribution in [0, 0.1) is 5.92 Å². The first-order valence-corrected chi connectivity index (χ1v) is 8.30. The Balaban J connectivity index is 1.96. The van der Waals surface area contributed by atoms with Gasteiger partial charge in [0.15, 0.2) is 0 Å². The van der Waals surface area contributed by atoms with Crippen LogP contribution < -0.4 is 10.1 Å². The van der Waals surface area contributed by atoms with E-state index < -0.39 is 0 Å². The maximum Gasteiger partial charge on any atom is 0.308 e. The first kappa shape index (κ1) is 18.5. The molecule has 0 aromatic heterocycles. The van der Waals surface area contributed by atoms with E-state index in [9.17, 15) is 9.59 Å². The molecule has 1 aromatic rings. The summed E-state index contributed by atoms with van der Waals surface area (Å²) in [5, 5.41) is 3.39. The second kappa shape index (κ2) is 8.35. The number of methoxy groups -OCH3 is 2. The largest absolute Gasteiger partial charge is 0.495 e. The number of carbonyl (C=O) groups is 2. The Hall–Kier alpha value is -1.79. The van der Waals surface area contributed by atoms with E-state index in [1.807, 2.05) is 6.92 Å². The van der Waals surface area contributed by atoms with Gasteiger partial charge >= 0.3 is 5.97 Å². The SMILES string of the molecule is COC(=O)C1CCN([C@H](C)C(=O)Nc2cc(Cl)ccc2OC)CC1. The third-order valence-corrected chi connectivity index (χ3v) is 4.65. The van der Waals surface area contributed by atoms with Crippen molar-refractivity contribution >= 4 is 29.2 Å². The molecule has 1 aliphatic heterocycles. The molecule has 1 saturated heterocycles. The number of ether oxygens (including phenoxy) is 2. The van der Waals surface area contributed by atoms with Crippen LogP contribution in [-0.2, 0) is 14.3 Å². The molecule has 24 heavy (non-hydrogen) atoms. The second-order valence-corrected chi connectivity index (χ2v) is 6.28. The number of nitrogens with one attached hydrogen (secondary N) is 1. The molecule has 2 rings (SSSR count). The Morgan fingerprint density at radius 1 is 1.29 bits per heavy atom. The minimum atomic E-state index is -0.313. The number of benzene rings is 1. The Labute approximate surface area is 147 Å². The van der Waals surface area contributed by atoms with Crippen molar-refractivity contribution in [1.82, 2.24) is 4.90 Å². The molecule has 1 aliphatic rings. The maximum atomic E-state index is 12.5. The maximum absolute atomic E-state index is 12.5. The highest BCUT2D eigenvalue weighted by Crippen LogP contribution is 2.28. The van der Waals surface area contributed by atoms with Gasteiger partial charge in [0.1, 0.15) is 5.75 Å². The van der Waals surface area contributed by atoms with E-state index in [1.165, 1.54) is 7.11 Å². The van der Waals surface area contributed by atoms with Crippen LogP contribution in [0.2, 0.25) is 5.02 Å². The molecular weight excluding hydrogens is 332 g/mol. The number of hydrogen-bond donors (Lipinski definition) is 1. The molecule has 1 atom stereocenters. The molecule has 1 amide bonds. The highest BCUT2D eigenvalue weighted by molar-refractivity contribution is 6.31. The minimum absolute atomic E-state index is 0.0745. The fourth-order valence-corrected chi connectivity index (χ4v) is 3.04. The lowest BCUT2D eigenvalue weighted by atomic mass is 9.96. The van der Waals surface area contributed by atoms with Gasteiger partial charge in [-0.05, 0) is 51.1 Å². The number of nitrogens with zero attached hydrogens (tertiary/aromatic N) is 1. The molecule has 1 fully saturated rings. The lowest BCUT2D eigenvalue weighted by molar-refractivity contribution is -0.147. The molecule has 0 spiro atoms. The van der Waals surface area contributed by atoms with E-state index in [0.717, 1.165) is 0 Å². The predicted molar refractivity (Wildman–Crippen MR) is 92.4 cm³/mol. The second-order valence-electron chi connectivity index (χ2n) is 5.84. The van der Waals surface area contributed by atoms with Crippen molar-refractivity contribution in [3.8, 4) is 5.75 Å². The number of carbonyl (C=O) groups excluding carboxylic acids is 2. The summed E-state index contributed by atoms with van der Waals surface area (Å²) in [5.74, 6) is 0.182. The fraction of sp³-hybridized carbons (Fsp3) is 0.529. The van der Waals surface area contributed by atoms with E-state index in [1.54, 1.807) is 25.3 Å². The van der Waals surface area contributed by atoms with E-state index in [4.69, 9.17) is 21.1 Å². The number of piperidine rings is 1. The number of likely N-dealkylation sites (tertiary alicyclic amines) is 1. The van der Waals surface area contributed by atoms with Crippen LogP contribution >= 0.6 is 11.6 Å². The quantitative estimate of drug-likeness (QED) is 0.823. The Bertz CT molecular complexity index is 600. The number of anilines is 1. The van der Waals surface area contributed by atoms with Gasteiger partial charge in [0.2, 0.25) is 5.91 Å². The van der Waals surface area contributed by atoms with E-state index >= 15 is 0 Å². The van der Waals surface area contributed by atoms with Crippen molar-refractivity contribution in [2.24, 2.45) is 5.92 Å². The Morgan fingerprint density at radius 3 is 2.54 bits per heavy atom. The van der Waals surface area contributed by atoms with Gasteiger partial charge in [-0.25, -0.2) is 0 Å². The number of halogens is 1. The molecule has 0 bridgehead atoms.